The zero-order valence-corrected chi connectivity index (χ0v) is 10.2. The smallest absolute Gasteiger partial charge is 0.311 e. The highest BCUT2D eigenvalue weighted by Crippen LogP contribution is 2.42. The summed E-state index contributed by atoms with van der Waals surface area (Å²) >= 11 is 0. The number of carboxylic acids is 1. The van der Waals surface area contributed by atoms with Crippen LogP contribution in [0, 0.1) is 5.41 Å². The fourth-order valence-electron chi connectivity index (χ4n) is 2.32. The molecule has 0 unspecified atom stereocenters. The van der Waals surface area contributed by atoms with Crippen LogP contribution < -0.4 is 0 Å². The quantitative estimate of drug-likeness (QED) is 0.880. The Morgan fingerprint density at radius 3 is 2.84 bits per heavy atom. The molecule has 98 valence electrons. The molecule has 3 rings (SSSR count). The third-order valence-corrected chi connectivity index (χ3v) is 3.64. The Morgan fingerprint density at radius 2 is 2.26 bits per heavy atom. The van der Waals surface area contributed by atoms with Gasteiger partial charge in [0.15, 0.2) is 0 Å². The van der Waals surface area contributed by atoms with Crippen molar-refractivity contribution >= 4 is 5.97 Å². The second-order valence-corrected chi connectivity index (χ2v) is 4.81. The fourth-order valence-corrected chi connectivity index (χ4v) is 2.32. The van der Waals surface area contributed by atoms with Crippen LogP contribution in [0.3, 0.4) is 0 Å². The van der Waals surface area contributed by atoms with Gasteiger partial charge in [-0.25, -0.2) is 4.68 Å². The molecule has 2 heterocycles. The van der Waals surface area contributed by atoms with Crippen LogP contribution in [0.2, 0.25) is 0 Å². The van der Waals surface area contributed by atoms with Crippen LogP contribution in [0.5, 0.6) is 0 Å². The molecule has 0 amide bonds. The van der Waals surface area contributed by atoms with E-state index in [0.29, 0.717) is 30.9 Å². The van der Waals surface area contributed by atoms with Crippen molar-refractivity contribution in [2.24, 2.45) is 5.41 Å². The van der Waals surface area contributed by atoms with Crippen molar-refractivity contribution in [1.29, 1.82) is 0 Å². The standard InChI is InChI=1S/C12H13N5O2/c18-11(19)12(5-3-6-12)8-17-10(14-15-16-17)9-4-1-2-7-13-9/h1-2,4,7H,3,5-6,8H2,(H,18,19). The van der Waals surface area contributed by atoms with Crippen LogP contribution in [-0.2, 0) is 11.3 Å². The van der Waals surface area contributed by atoms with Crippen molar-refractivity contribution in [2.75, 3.05) is 0 Å². The first-order chi connectivity index (χ1) is 9.21. The predicted molar refractivity (Wildman–Crippen MR) is 65.0 cm³/mol. The largest absolute Gasteiger partial charge is 0.481 e. The van der Waals surface area contributed by atoms with E-state index in [1.807, 2.05) is 12.1 Å². The molecule has 0 spiro atoms. The van der Waals surface area contributed by atoms with Gasteiger partial charge in [0, 0.05) is 6.20 Å². The number of aliphatic carboxylic acids is 1. The number of hydrogen-bond acceptors (Lipinski definition) is 5. The first-order valence-electron chi connectivity index (χ1n) is 6.12. The van der Waals surface area contributed by atoms with E-state index in [2.05, 4.69) is 20.5 Å². The van der Waals surface area contributed by atoms with Crippen molar-refractivity contribution in [3.05, 3.63) is 24.4 Å². The molecule has 0 saturated heterocycles. The molecular formula is C12H13N5O2. The lowest BCUT2D eigenvalue weighted by Crippen LogP contribution is -2.42. The molecule has 0 aliphatic heterocycles. The Kier molecular flexibility index (Phi) is 2.73. The summed E-state index contributed by atoms with van der Waals surface area (Å²) < 4.78 is 1.54. The molecule has 1 fully saturated rings. The summed E-state index contributed by atoms with van der Waals surface area (Å²) in [5, 5.41) is 20.8. The highest BCUT2D eigenvalue weighted by molar-refractivity contribution is 5.75. The maximum atomic E-state index is 11.4. The van der Waals surface area contributed by atoms with Crippen molar-refractivity contribution in [2.45, 2.75) is 25.8 Å². The summed E-state index contributed by atoms with van der Waals surface area (Å²) in [4.78, 5) is 15.6. The molecule has 1 aliphatic rings. The summed E-state index contributed by atoms with van der Waals surface area (Å²) in [6.07, 6.45) is 3.94. The van der Waals surface area contributed by atoms with Gasteiger partial charge in [-0.05, 0) is 35.4 Å². The SMILES string of the molecule is O=C(O)C1(Cn2nnnc2-c2ccccn2)CCC1. The number of nitrogens with zero attached hydrogens (tertiary/aromatic N) is 5. The average Bonchev–Trinajstić information content (AvgIpc) is 2.82. The van der Waals surface area contributed by atoms with E-state index >= 15 is 0 Å². The molecule has 7 nitrogen and oxygen atoms in total. The number of carbonyl (C=O) groups is 1. The number of rotatable bonds is 4. The first kappa shape index (κ1) is 11.8. The first-order valence-corrected chi connectivity index (χ1v) is 6.12. The Morgan fingerprint density at radius 1 is 1.42 bits per heavy atom. The van der Waals surface area contributed by atoms with E-state index < -0.39 is 11.4 Å². The molecule has 2 aromatic rings. The van der Waals surface area contributed by atoms with Crippen LogP contribution in [0.25, 0.3) is 11.5 Å². The zero-order chi connectivity index (χ0) is 13.3. The molecular weight excluding hydrogens is 246 g/mol. The molecule has 0 atom stereocenters. The third kappa shape index (κ3) is 1.96. The van der Waals surface area contributed by atoms with Gasteiger partial charge in [-0.15, -0.1) is 5.10 Å². The van der Waals surface area contributed by atoms with Gasteiger partial charge >= 0.3 is 5.97 Å². The van der Waals surface area contributed by atoms with Crippen molar-refractivity contribution in [1.82, 2.24) is 25.2 Å². The highest BCUT2D eigenvalue weighted by atomic mass is 16.4. The van der Waals surface area contributed by atoms with E-state index in [1.54, 1.807) is 12.3 Å². The lowest BCUT2D eigenvalue weighted by molar-refractivity contribution is -0.156. The molecule has 1 aliphatic carbocycles. The minimum atomic E-state index is -0.777. The zero-order valence-electron chi connectivity index (χ0n) is 10.2. The molecule has 2 aromatic heterocycles. The minimum absolute atomic E-state index is 0.293. The van der Waals surface area contributed by atoms with Gasteiger partial charge in [-0.2, -0.15) is 0 Å². The monoisotopic (exact) mass is 259 g/mol. The van der Waals surface area contributed by atoms with Gasteiger partial charge < -0.3 is 5.11 Å². The highest BCUT2D eigenvalue weighted by Gasteiger charge is 2.45. The van der Waals surface area contributed by atoms with Gasteiger partial charge in [0.25, 0.3) is 0 Å². The van der Waals surface area contributed by atoms with Crippen LogP contribution in [0.1, 0.15) is 19.3 Å². The van der Waals surface area contributed by atoms with E-state index in [-0.39, 0.29) is 0 Å². The average molecular weight is 259 g/mol. The maximum Gasteiger partial charge on any atom is 0.311 e. The number of aromatic nitrogens is 5. The maximum absolute atomic E-state index is 11.4. The Labute approximate surface area is 109 Å². The van der Waals surface area contributed by atoms with E-state index in [9.17, 15) is 9.90 Å². The molecule has 19 heavy (non-hydrogen) atoms. The summed E-state index contributed by atoms with van der Waals surface area (Å²) in [7, 11) is 0. The van der Waals surface area contributed by atoms with Gasteiger partial charge in [0.1, 0.15) is 5.69 Å². The molecule has 0 radical (unpaired) electrons. The molecule has 1 N–H and O–H groups in total. The summed E-state index contributed by atoms with van der Waals surface area (Å²) in [5.74, 6) is -0.269. The molecule has 7 heteroatoms. The Hall–Kier alpha value is -2.31. The van der Waals surface area contributed by atoms with Crippen molar-refractivity contribution in [3.8, 4) is 11.5 Å². The summed E-state index contributed by atoms with van der Waals surface area (Å²) in [6, 6.07) is 5.45. The van der Waals surface area contributed by atoms with Gasteiger partial charge in [0.05, 0.1) is 12.0 Å². The molecule has 0 aromatic carbocycles. The van der Waals surface area contributed by atoms with Crippen LogP contribution in [-0.4, -0.2) is 36.3 Å². The van der Waals surface area contributed by atoms with Crippen LogP contribution >= 0.6 is 0 Å². The van der Waals surface area contributed by atoms with E-state index in [1.165, 1.54) is 4.68 Å². The Balaban J connectivity index is 1.91. The van der Waals surface area contributed by atoms with E-state index in [0.717, 1.165) is 6.42 Å². The second kappa shape index (κ2) is 4.42. The Bertz CT molecular complexity index is 591. The molecule has 1 saturated carbocycles. The van der Waals surface area contributed by atoms with Crippen LogP contribution in [0.4, 0.5) is 0 Å². The third-order valence-electron chi connectivity index (χ3n) is 3.64. The number of tetrazole rings is 1. The van der Waals surface area contributed by atoms with E-state index in [4.69, 9.17) is 0 Å². The number of carboxylic acid groups (broad SMARTS) is 1. The van der Waals surface area contributed by atoms with Gasteiger partial charge in [-0.3, -0.25) is 9.78 Å². The molecule has 0 bridgehead atoms. The summed E-state index contributed by atoms with van der Waals surface area (Å²) in [6.45, 7) is 0.293. The minimum Gasteiger partial charge on any atom is -0.481 e. The topological polar surface area (TPSA) is 93.8 Å². The summed E-state index contributed by atoms with van der Waals surface area (Å²) in [5.41, 5.74) is -0.0776. The number of hydrogen-bond donors (Lipinski definition) is 1. The lowest BCUT2D eigenvalue weighted by atomic mass is 9.69. The second-order valence-electron chi connectivity index (χ2n) is 4.81. The van der Waals surface area contributed by atoms with Crippen molar-refractivity contribution in [3.63, 3.8) is 0 Å². The number of pyridine rings is 1. The predicted octanol–water partition coefficient (Wildman–Crippen LogP) is 0.990. The normalized spacial score (nSPS) is 16.8. The fraction of sp³-hybridized carbons (Fsp3) is 0.417. The van der Waals surface area contributed by atoms with Crippen molar-refractivity contribution < 1.29 is 9.90 Å². The van der Waals surface area contributed by atoms with Gasteiger partial charge in [-0.1, -0.05) is 12.5 Å². The van der Waals surface area contributed by atoms with Gasteiger partial charge in [0.2, 0.25) is 5.82 Å². The lowest BCUT2D eigenvalue weighted by Gasteiger charge is -2.37. The van der Waals surface area contributed by atoms with Crippen LogP contribution in [0.15, 0.2) is 24.4 Å².